The molecule has 158 valence electrons. The number of carbonyl (C=O) groups is 1. The van der Waals surface area contributed by atoms with E-state index in [1.54, 1.807) is 0 Å². The van der Waals surface area contributed by atoms with Crippen LogP contribution in [0.15, 0.2) is 43.0 Å². The van der Waals surface area contributed by atoms with Crippen LogP contribution in [0.3, 0.4) is 0 Å². The van der Waals surface area contributed by atoms with Gasteiger partial charge in [0.1, 0.15) is 24.6 Å². The van der Waals surface area contributed by atoms with Crippen molar-refractivity contribution in [2.75, 3.05) is 12.0 Å². The van der Waals surface area contributed by atoms with Gasteiger partial charge in [0, 0.05) is 6.54 Å². The Morgan fingerprint density at radius 2 is 1.93 bits per heavy atom. The molecule has 1 saturated heterocycles. The molecule has 2 amide bonds. The van der Waals surface area contributed by atoms with E-state index in [0.717, 1.165) is 5.56 Å². The standard InChI is InChI=1S/C18H21N7O5/c26-7-11-13(27)14(28)17(30-11)25-9-22-12-15(20-8-21-16(12)25)23-24-18(29)19-6-10-4-2-1-3-5-10/h1-5,8-9,11,13-14,17,26-28H,6-7H2,(H2,19,24,29)(H,20,21,23)/t11-,13-,14-,17-/m1/s1. The quantitative estimate of drug-likeness (QED) is 0.284. The first-order valence-electron chi connectivity index (χ1n) is 9.22. The van der Waals surface area contributed by atoms with Gasteiger partial charge in [0.15, 0.2) is 23.2 Å². The van der Waals surface area contributed by atoms with Gasteiger partial charge in [-0.05, 0) is 5.56 Å². The molecule has 6 N–H and O–H groups in total. The van der Waals surface area contributed by atoms with Crippen LogP contribution in [-0.2, 0) is 11.3 Å². The lowest BCUT2D eigenvalue weighted by molar-refractivity contribution is -0.0511. The number of imidazole rings is 1. The number of benzene rings is 1. The zero-order valence-electron chi connectivity index (χ0n) is 15.7. The molecule has 4 rings (SSSR count). The van der Waals surface area contributed by atoms with Crippen LogP contribution >= 0.6 is 0 Å². The second kappa shape index (κ2) is 8.59. The zero-order chi connectivity index (χ0) is 21.1. The van der Waals surface area contributed by atoms with Gasteiger partial charge >= 0.3 is 6.03 Å². The van der Waals surface area contributed by atoms with E-state index in [0.29, 0.717) is 17.7 Å². The smallest absolute Gasteiger partial charge is 0.333 e. The van der Waals surface area contributed by atoms with E-state index < -0.39 is 37.2 Å². The van der Waals surface area contributed by atoms with Gasteiger partial charge in [-0.15, -0.1) is 0 Å². The molecule has 0 saturated carbocycles. The maximum atomic E-state index is 12.0. The number of hydrogen-bond donors (Lipinski definition) is 6. The second-order valence-electron chi connectivity index (χ2n) is 6.69. The molecule has 3 heterocycles. The van der Waals surface area contributed by atoms with E-state index in [-0.39, 0.29) is 5.82 Å². The van der Waals surface area contributed by atoms with E-state index in [4.69, 9.17) is 4.74 Å². The Balaban J connectivity index is 1.44. The highest BCUT2D eigenvalue weighted by atomic mass is 16.6. The predicted molar refractivity (Wildman–Crippen MR) is 104 cm³/mol. The number of hydrazine groups is 1. The normalized spacial score (nSPS) is 23.4. The molecular weight excluding hydrogens is 394 g/mol. The van der Waals surface area contributed by atoms with Crippen molar-refractivity contribution >= 4 is 23.0 Å². The predicted octanol–water partition coefficient (Wildman–Crippen LogP) is -0.736. The van der Waals surface area contributed by atoms with Gasteiger partial charge in [-0.1, -0.05) is 30.3 Å². The van der Waals surface area contributed by atoms with E-state index in [1.165, 1.54) is 17.2 Å². The maximum absolute atomic E-state index is 12.0. The van der Waals surface area contributed by atoms with Crippen molar-refractivity contribution in [3.63, 3.8) is 0 Å². The third-order valence-electron chi connectivity index (χ3n) is 4.74. The molecule has 0 aliphatic carbocycles. The molecule has 1 aliphatic heterocycles. The molecule has 1 aromatic carbocycles. The van der Waals surface area contributed by atoms with E-state index in [1.807, 2.05) is 30.3 Å². The monoisotopic (exact) mass is 415 g/mol. The van der Waals surface area contributed by atoms with Gasteiger partial charge in [0.05, 0.1) is 12.9 Å². The highest BCUT2D eigenvalue weighted by Gasteiger charge is 2.44. The van der Waals surface area contributed by atoms with Crippen LogP contribution in [0.4, 0.5) is 10.6 Å². The first-order chi connectivity index (χ1) is 14.6. The SMILES string of the molecule is O=C(NCc1ccccc1)NNc1ncnc2c1ncn2[C@@H]1O[C@H](CO)[C@@H](O)[C@H]1O. The number of ether oxygens (including phenoxy) is 1. The number of aliphatic hydroxyl groups excluding tert-OH is 3. The molecule has 0 spiro atoms. The van der Waals surface area contributed by atoms with Crippen molar-refractivity contribution in [2.45, 2.75) is 31.1 Å². The topological polar surface area (TPSA) is 167 Å². The number of carbonyl (C=O) groups excluding carboxylic acids is 1. The summed E-state index contributed by atoms with van der Waals surface area (Å²) in [5, 5.41) is 32.2. The minimum atomic E-state index is -1.27. The Labute approximate surface area is 170 Å². The molecule has 2 aromatic heterocycles. The first-order valence-corrected chi connectivity index (χ1v) is 9.22. The van der Waals surface area contributed by atoms with Crippen LogP contribution < -0.4 is 16.2 Å². The number of aliphatic hydroxyl groups is 3. The van der Waals surface area contributed by atoms with Gasteiger partial charge < -0.3 is 25.4 Å². The summed E-state index contributed by atoms with van der Waals surface area (Å²) >= 11 is 0. The van der Waals surface area contributed by atoms with Crippen molar-refractivity contribution in [1.29, 1.82) is 0 Å². The summed E-state index contributed by atoms with van der Waals surface area (Å²) in [6.07, 6.45) is -1.78. The number of hydrogen-bond acceptors (Lipinski definition) is 9. The molecule has 12 nitrogen and oxygen atoms in total. The lowest BCUT2D eigenvalue weighted by atomic mass is 10.1. The highest BCUT2D eigenvalue weighted by Crippen LogP contribution is 2.31. The summed E-state index contributed by atoms with van der Waals surface area (Å²) in [7, 11) is 0. The molecular formula is C18H21N7O5. The molecule has 4 atom stereocenters. The fourth-order valence-electron chi connectivity index (χ4n) is 3.18. The molecule has 0 unspecified atom stereocenters. The number of fused-ring (bicyclic) bond motifs is 1. The highest BCUT2D eigenvalue weighted by molar-refractivity contribution is 5.84. The zero-order valence-corrected chi connectivity index (χ0v) is 15.7. The van der Waals surface area contributed by atoms with Crippen molar-refractivity contribution < 1.29 is 24.9 Å². The molecule has 3 aromatic rings. The van der Waals surface area contributed by atoms with Crippen LogP contribution in [0.2, 0.25) is 0 Å². The van der Waals surface area contributed by atoms with Crippen LogP contribution in [-0.4, -0.2) is 65.8 Å². The van der Waals surface area contributed by atoms with Gasteiger partial charge in [0.2, 0.25) is 0 Å². The molecule has 1 aliphatic rings. The molecule has 12 heteroatoms. The number of aromatic nitrogens is 4. The van der Waals surface area contributed by atoms with Gasteiger partial charge in [-0.3, -0.25) is 15.4 Å². The first kappa shape index (κ1) is 20.0. The van der Waals surface area contributed by atoms with Crippen molar-refractivity contribution in [2.24, 2.45) is 0 Å². The van der Waals surface area contributed by atoms with Crippen molar-refractivity contribution in [3.8, 4) is 0 Å². The third kappa shape index (κ3) is 3.89. The van der Waals surface area contributed by atoms with E-state index >= 15 is 0 Å². The number of urea groups is 1. The van der Waals surface area contributed by atoms with Gasteiger partial charge in [-0.25, -0.2) is 19.7 Å². The van der Waals surface area contributed by atoms with Crippen LogP contribution in [0.1, 0.15) is 11.8 Å². The number of nitrogens with one attached hydrogen (secondary N) is 3. The number of anilines is 1. The summed E-state index contributed by atoms with van der Waals surface area (Å²) in [5.41, 5.74) is 6.75. The lowest BCUT2D eigenvalue weighted by Crippen LogP contribution is -2.38. The molecule has 30 heavy (non-hydrogen) atoms. The summed E-state index contributed by atoms with van der Waals surface area (Å²) in [5.74, 6) is 0.236. The second-order valence-corrected chi connectivity index (χ2v) is 6.69. The Hall–Kier alpha value is -3.32. The number of nitrogens with zero attached hydrogens (tertiary/aromatic N) is 4. The Morgan fingerprint density at radius 3 is 2.67 bits per heavy atom. The Kier molecular flexibility index (Phi) is 5.72. The lowest BCUT2D eigenvalue weighted by Gasteiger charge is -2.16. The minimum absolute atomic E-state index is 0.236. The molecule has 1 fully saturated rings. The van der Waals surface area contributed by atoms with Crippen LogP contribution in [0, 0.1) is 0 Å². The van der Waals surface area contributed by atoms with Crippen molar-refractivity contribution in [1.82, 2.24) is 30.3 Å². The van der Waals surface area contributed by atoms with E-state index in [9.17, 15) is 20.1 Å². The molecule has 0 bridgehead atoms. The van der Waals surface area contributed by atoms with Crippen molar-refractivity contribution in [3.05, 3.63) is 48.5 Å². The molecule has 0 radical (unpaired) electrons. The van der Waals surface area contributed by atoms with Crippen LogP contribution in [0.5, 0.6) is 0 Å². The maximum Gasteiger partial charge on any atom is 0.333 e. The Bertz CT molecular complexity index is 1010. The average Bonchev–Trinajstić information content (AvgIpc) is 3.33. The summed E-state index contributed by atoms with van der Waals surface area (Å²) in [6.45, 7) is -0.0847. The third-order valence-corrected chi connectivity index (χ3v) is 4.74. The largest absolute Gasteiger partial charge is 0.394 e. The summed E-state index contributed by atoms with van der Waals surface area (Å²) in [4.78, 5) is 24.5. The number of amides is 2. The summed E-state index contributed by atoms with van der Waals surface area (Å²) in [6, 6.07) is 8.98. The van der Waals surface area contributed by atoms with Gasteiger partial charge in [-0.2, -0.15) is 0 Å². The van der Waals surface area contributed by atoms with Crippen LogP contribution in [0.25, 0.3) is 11.2 Å². The summed E-state index contributed by atoms with van der Waals surface area (Å²) < 4.78 is 6.94. The fraction of sp³-hybridized carbons (Fsp3) is 0.333. The Morgan fingerprint density at radius 1 is 1.13 bits per heavy atom. The van der Waals surface area contributed by atoms with E-state index in [2.05, 4.69) is 31.1 Å². The number of rotatable bonds is 6. The van der Waals surface area contributed by atoms with Gasteiger partial charge in [0.25, 0.3) is 0 Å². The minimum Gasteiger partial charge on any atom is -0.394 e. The fourth-order valence-corrected chi connectivity index (χ4v) is 3.18. The average molecular weight is 415 g/mol.